The first-order chi connectivity index (χ1) is 13.3. The molecule has 3 rings (SSSR count). The molecule has 28 heavy (non-hydrogen) atoms. The summed E-state index contributed by atoms with van der Waals surface area (Å²) in [6, 6.07) is 7.67. The number of hydrogen-bond donors (Lipinski definition) is 1. The average molecular weight is 386 g/mol. The van der Waals surface area contributed by atoms with E-state index in [4.69, 9.17) is 4.74 Å². The van der Waals surface area contributed by atoms with Gasteiger partial charge in [-0.05, 0) is 23.8 Å². The van der Waals surface area contributed by atoms with E-state index >= 15 is 0 Å². The van der Waals surface area contributed by atoms with Crippen LogP contribution in [0.2, 0.25) is 0 Å². The van der Waals surface area contributed by atoms with E-state index in [1.165, 1.54) is 44.5 Å². The van der Waals surface area contributed by atoms with Crippen molar-refractivity contribution in [3.63, 3.8) is 0 Å². The molecule has 2 aromatic carbocycles. The Bertz CT molecular complexity index is 1030. The maximum Gasteiger partial charge on any atom is 0.295 e. The maximum atomic E-state index is 13.7. The van der Waals surface area contributed by atoms with E-state index in [9.17, 15) is 29.2 Å². The highest BCUT2D eigenvalue weighted by atomic mass is 19.1. The summed E-state index contributed by atoms with van der Waals surface area (Å²) in [5.41, 5.74) is -0.394. The number of likely N-dealkylation sites (tertiary alicyclic amines) is 1. The van der Waals surface area contributed by atoms with Crippen molar-refractivity contribution in [3.8, 4) is 5.75 Å². The van der Waals surface area contributed by atoms with Crippen LogP contribution >= 0.6 is 0 Å². The van der Waals surface area contributed by atoms with Crippen LogP contribution in [0.3, 0.4) is 0 Å². The number of likely N-dealkylation sites (N-methyl/N-ethyl adjacent to an activating group) is 1. The molecular formula is C19H15FN2O6. The molecule has 0 aliphatic carbocycles. The topological polar surface area (TPSA) is 110 Å². The number of amides is 1. The Morgan fingerprint density at radius 3 is 2.61 bits per heavy atom. The molecule has 0 bridgehead atoms. The molecule has 0 saturated carbocycles. The number of nitrogens with zero attached hydrogens (tertiary/aromatic N) is 2. The van der Waals surface area contributed by atoms with Gasteiger partial charge in [0.2, 0.25) is 0 Å². The Morgan fingerprint density at radius 2 is 1.96 bits per heavy atom. The third kappa shape index (κ3) is 3.07. The predicted molar refractivity (Wildman–Crippen MR) is 96.1 cm³/mol. The van der Waals surface area contributed by atoms with Crippen molar-refractivity contribution < 1.29 is 28.7 Å². The predicted octanol–water partition coefficient (Wildman–Crippen LogP) is 2.79. The third-order valence-corrected chi connectivity index (χ3v) is 4.49. The number of Topliss-reactive ketones (excluding diaryl/α,β-unsaturated/α-hetero) is 1. The van der Waals surface area contributed by atoms with Gasteiger partial charge in [0.1, 0.15) is 17.3 Å². The molecule has 2 aromatic rings. The van der Waals surface area contributed by atoms with Crippen LogP contribution in [0.4, 0.5) is 10.1 Å². The number of aliphatic hydroxyl groups excluding tert-OH is 1. The van der Waals surface area contributed by atoms with Crippen molar-refractivity contribution in [2.75, 3.05) is 14.2 Å². The summed E-state index contributed by atoms with van der Waals surface area (Å²) in [6.45, 7) is 0. The number of hydrogen-bond acceptors (Lipinski definition) is 6. The molecule has 1 aliphatic rings. The highest BCUT2D eigenvalue weighted by molar-refractivity contribution is 6.46. The second-order valence-corrected chi connectivity index (χ2v) is 6.11. The van der Waals surface area contributed by atoms with Crippen molar-refractivity contribution in [2.45, 2.75) is 6.04 Å². The van der Waals surface area contributed by atoms with Crippen LogP contribution < -0.4 is 4.74 Å². The van der Waals surface area contributed by atoms with Crippen LogP contribution in [0.5, 0.6) is 5.75 Å². The van der Waals surface area contributed by atoms with Crippen LogP contribution in [0.1, 0.15) is 17.2 Å². The van der Waals surface area contributed by atoms with Gasteiger partial charge in [-0.25, -0.2) is 4.39 Å². The standard InChI is InChI=1S/C19H15FN2O6/c1-21-16(10-4-3-5-12(8-10)22(26)27)15(18(24)19(21)25)17(23)13-9-11(20)6-7-14(13)28-2/h3-9,16,23H,1-2H3/b17-15+. The Balaban J connectivity index is 2.25. The molecule has 1 unspecified atom stereocenters. The molecule has 1 amide bonds. The van der Waals surface area contributed by atoms with E-state index < -0.39 is 34.2 Å². The van der Waals surface area contributed by atoms with Crippen molar-refractivity contribution in [1.82, 2.24) is 4.90 Å². The summed E-state index contributed by atoms with van der Waals surface area (Å²) in [6.07, 6.45) is 0. The lowest BCUT2D eigenvalue weighted by molar-refractivity contribution is -0.384. The van der Waals surface area contributed by atoms with Gasteiger partial charge in [0.05, 0.1) is 29.2 Å². The molecular weight excluding hydrogens is 371 g/mol. The fraction of sp³-hybridized carbons (Fsp3) is 0.158. The molecule has 9 heteroatoms. The average Bonchev–Trinajstić information content (AvgIpc) is 2.91. The molecule has 1 N–H and O–H groups in total. The second kappa shape index (κ2) is 7.10. The van der Waals surface area contributed by atoms with Gasteiger partial charge < -0.3 is 14.7 Å². The van der Waals surface area contributed by atoms with Crippen LogP contribution in [0, 0.1) is 15.9 Å². The van der Waals surface area contributed by atoms with Gasteiger partial charge in [0, 0.05) is 19.2 Å². The normalized spacial score (nSPS) is 18.4. The highest BCUT2D eigenvalue weighted by Crippen LogP contribution is 2.40. The molecule has 0 aromatic heterocycles. The number of nitro benzene ring substituents is 1. The van der Waals surface area contributed by atoms with Gasteiger partial charge in [0.25, 0.3) is 17.4 Å². The fourth-order valence-corrected chi connectivity index (χ4v) is 3.16. The number of ether oxygens (including phenoxy) is 1. The third-order valence-electron chi connectivity index (χ3n) is 4.49. The van der Waals surface area contributed by atoms with Crippen LogP contribution in [0.15, 0.2) is 48.0 Å². The summed E-state index contributed by atoms with van der Waals surface area (Å²) >= 11 is 0. The number of methoxy groups -OCH3 is 1. The zero-order chi connectivity index (χ0) is 20.6. The number of halogens is 1. The summed E-state index contributed by atoms with van der Waals surface area (Å²) < 4.78 is 18.8. The van der Waals surface area contributed by atoms with Crippen molar-refractivity contribution in [3.05, 3.63) is 75.1 Å². The Morgan fingerprint density at radius 1 is 1.25 bits per heavy atom. The number of ketones is 1. The Labute approximate surface area is 158 Å². The fourth-order valence-electron chi connectivity index (χ4n) is 3.16. The quantitative estimate of drug-likeness (QED) is 0.284. The van der Waals surface area contributed by atoms with Gasteiger partial charge in [-0.2, -0.15) is 0 Å². The molecule has 0 radical (unpaired) electrons. The first kappa shape index (κ1) is 19.0. The number of carbonyl (C=O) groups excluding carboxylic acids is 2. The lowest BCUT2D eigenvalue weighted by Gasteiger charge is -2.21. The highest BCUT2D eigenvalue weighted by Gasteiger charge is 2.44. The van der Waals surface area contributed by atoms with E-state index in [1.54, 1.807) is 0 Å². The smallest absolute Gasteiger partial charge is 0.295 e. The molecule has 144 valence electrons. The van der Waals surface area contributed by atoms with Gasteiger partial charge in [-0.15, -0.1) is 0 Å². The zero-order valence-electron chi connectivity index (χ0n) is 14.9. The van der Waals surface area contributed by atoms with Crippen LogP contribution in [-0.2, 0) is 9.59 Å². The van der Waals surface area contributed by atoms with Crippen molar-refractivity contribution in [2.24, 2.45) is 0 Å². The van der Waals surface area contributed by atoms with Gasteiger partial charge >= 0.3 is 0 Å². The first-order valence-corrected chi connectivity index (χ1v) is 8.09. The summed E-state index contributed by atoms with van der Waals surface area (Å²) in [5, 5.41) is 21.8. The van der Waals surface area contributed by atoms with E-state index in [0.29, 0.717) is 0 Å². The van der Waals surface area contributed by atoms with E-state index in [1.807, 2.05) is 0 Å². The second-order valence-electron chi connectivity index (χ2n) is 6.11. The van der Waals surface area contributed by atoms with E-state index in [-0.39, 0.29) is 28.1 Å². The number of aliphatic hydroxyl groups is 1. The van der Waals surface area contributed by atoms with Crippen LogP contribution in [-0.4, -0.2) is 40.8 Å². The number of rotatable bonds is 4. The lowest BCUT2D eigenvalue weighted by atomic mass is 9.95. The summed E-state index contributed by atoms with van der Waals surface area (Å²) in [5.74, 6) is -3.09. The van der Waals surface area contributed by atoms with E-state index in [0.717, 1.165) is 17.0 Å². The van der Waals surface area contributed by atoms with Crippen molar-refractivity contribution >= 4 is 23.1 Å². The lowest BCUT2D eigenvalue weighted by Crippen LogP contribution is -2.24. The number of carbonyl (C=O) groups is 2. The first-order valence-electron chi connectivity index (χ1n) is 8.09. The molecule has 1 atom stereocenters. The molecule has 1 heterocycles. The monoisotopic (exact) mass is 386 g/mol. The minimum Gasteiger partial charge on any atom is -0.507 e. The Kier molecular flexibility index (Phi) is 4.83. The summed E-state index contributed by atoms with van der Waals surface area (Å²) in [4.78, 5) is 36.3. The SMILES string of the molecule is COc1ccc(F)cc1/C(O)=C1\C(=O)C(=O)N(C)C1c1cccc([N+](=O)[O-])c1. The maximum absolute atomic E-state index is 13.7. The van der Waals surface area contributed by atoms with Gasteiger partial charge in [0.15, 0.2) is 0 Å². The molecule has 0 spiro atoms. The van der Waals surface area contributed by atoms with E-state index in [2.05, 4.69) is 0 Å². The molecule has 1 aliphatic heterocycles. The molecule has 1 fully saturated rings. The Hall–Kier alpha value is -3.75. The zero-order valence-corrected chi connectivity index (χ0v) is 14.9. The number of non-ortho nitro benzene ring substituents is 1. The largest absolute Gasteiger partial charge is 0.507 e. The van der Waals surface area contributed by atoms with Gasteiger partial charge in [-0.3, -0.25) is 19.7 Å². The number of benzene rings is 2. The molecule has 8 nitrogen and oxygen atoms in total. The molecule has 1 saturated heterocycles. The minimum atomic E-state index is -1.08. The number of nitro groups is 1. The van der Waals surface area contributed by atoms with Gasteiger partial charge in [-0.1, -0.05) is 12.1 Å². The summed E-state index contributed by atoms with van der Waals surface area (Å²) in [7, 11) is 2.65. The van der Waals surface area contributed by atoms with Crippen LogP contribution in [0.25, 0.3) is 5.76 Å². The minimum absolute atomic E-state index is 0.0963. The van der Waals surface area contributed by atoms with Crippen molar-refractivity contribution in [1.29, 1.82) is 0 Å².